The van der Waals surface area contributed by atoms with E-state index in [1.165, 1.54) is 5.39 Å². The molecule has 66 valence electrons. The molecule has 0 bridgehead atoms. The molecular formula is C11H12N2. The van der Waals surface area contributed by atoms with E-state index in [1.54, 1.807) is 0 Å². The van der Waals surface area contributed by atoms with Gasteiger partial charge in [-0.2, -0.15) is 0 Å². The summed E-state index contributed by atoms with van der Waals surface area (Å²) in [4.78, 5) is 0. The molecule has 0 spiro atoms. The molecule has 2 nitrogen and oxygen atoms in total. The lowest BCUT2D eigenvalue weighted by molar-refractivity contribution is 1.08. The van der Waals surface area contributed by atoms with Crippen molar-refractivity contribution < 1.29 is 0 Å². The second-order valence-corrected chi connectivity index (χ2v) is 3.15. The first-order chi connectivity index (χ1) is 6.29. The van der Waals surface area contributed by atoms with E-state index < -0.39 is 0 Å². The number of anilines is 1. The van der Waals surface area contributed by atoms with Crippen LogP contribution in [0.5, 0.6) is 0 Å². The summed E-state index contributed by atoms with van der Waals surface area (Å²) in [6, 6.07) is 12.1. The summed E-state index contributed by atoms with van der Waals surface area (Å²) >= 11 is 0. The van der Waals surface area contributed by atoms with Crippen LogP contribution in [0.15, 0.2) is 36.4 Å². The maximum atomic E-state index is 5.67. The summed E-state index contributed by atoms with van der Waals surface area (Å²) < 4.78 is 0. The molecule has 2 rings (SSSR count). The van der Waals surface area contributed by atoms with Crippen LogP contribution in [-0.2, 0) is 6.54 Å². The van der Waals surface area contributed by atoms with E-state index in [0.29, 0.717) is 6.54 Å². The molecule has 13 heavy (non-hydrogen) atoms. The van der Waals surface area contributed by atoms with Gasteiger partial charge in [0.15, 0.2) is 0 Å². The van der Waals surface area contributed by atoms with Crippen molar-refractivity contribution in [3.05, 3.63) is 42.0 Å². The van der Waals surface area contributed by atoms with Gasteiger partial charge >= 0.3 is 0 Å². The molecule has 0 amide bonds. The van der Waals surface area contributed by atoms with Crippen LogP contribution in [0.2, 0.25) is 0 Å². The summed E-state index contributed by atoms with van der Waals surface area (Å²) in [5.41, 5.74) is 13.2. The van der Waals surface area contributed by atoms with E-state index in [2.05, 4.69) is 6.07 Å². The van der Waals surface area contributed by atoms with E-state index in [1.807, 2.05) is 30.3 Å². The Morgan fingerprint density at radius 1 is 0.923 bits per heavy atom. The van der Waals surface area contributed by atoms with Gasteiger partial charge < -0.3 is 11.5 Å². The van der Waals surface area contributed by atoms with Crippen LogP contribution in [-0.4, -0.2) is 0 Å². The second-order valence-electron chi connectivity index (χ2n) is 3.15. The van der Waals surface area contributed by atoms with Crippen molar-refractivity contribution in [3.8, 4) is 0 Å². The Kier molecular flexibility index (Phi) is 1.91. The highest BCUT2D eigenvalue weighted by molar-refractivity contribution is 5.85. The first-order valence-electron chi connectivity index (χ1n) is 4.28. The second kappa shape index (κ2) is 3.07. The SMILES string of the molecule is NCc1ccc2cc(N)ccc2c1. The number of nitrogen functional groups attached to an aromatic ring is 1. The number of nitrogens with two attached hydrogens (primary N) is 2. The molecule has 2 aromatic rings. The Morgan fingerprint density at radius 2 is 1.62 bits per heavy atom. The molecule has 0 aliphatic carbocycles. The van der Waals surface area contributed by atoms with Crippen LogP contribution in [0.3, 0.4) is 0 Å². The quantitative estimate of drug-likeness (QED) is 0.645. The predicted octanol–water partition coefficient (Wildman–Crippen LogP) is 1.88. The van der Waals surface area contributed by atoms with E-state index in [9.17, 15) is 0 Å². The summed E-state index contributed by atoms with van der Waals surface area (Å²) in [5, 5.41) is 2.36. The first-order valence-corrected chi connectivity index (χ1v) is 4.28. The van der Waals surface area contributed by atoms with Crippen molar-refractivity contribution in [1.29, 1.82) is 0 Å². The number of hydrogen-bond donors (Lipinski definition) is 2. The fraction of sp³-hybridized carbons (Fsp3) is 0.0909. The Morgan fingerprint density at radius 3 is 2.38 bits per heavy atom. The summed E-state index contributed by atoms with van der Waals surface area (Å²) in [7, 11) is 0. The van der Waals surface area contributed by atoms with Crippen LogP contribution < -0.4 is 11.5 Å². The van der Waals surface area contributed by atoms with Gasteiger partial charge in [0.1, 0.15) is 0 Å². The molecule has 0 aliphatic rings. The Bertz CT molecular complexity index is 435. The number of rotatable bonds is 1. The molecule has 0 aromatic heterocycles. The molecule has 0 radical (unpaired) electrons. The molecule has 2 aromatic carbocycles. The fourth-order valence-corrected chi connectivity index (χ4v) is 1.44. The molecular weight excluding hydrogens is 160 g/mol. The van der Waals surface area contributed by atoms with E-state index in [-0.39, 0.29) is 0 Å². The minimum absolute atomic E-state index is 0.584. The van der Waals surface area contributed by atoms with Gasteiger partial charge in [0.2, 0.25) is 0 Å². The summed E-state index contributed by atoms with van der Waals surface area (Å²) in [6.45, 7) is 0.584. The van der Waals surface area contributed by atoms with Gasteiger partial charge in [-0.25, -0.2) is 0 Å². The van der Waals surface area contributed by atoms with Crippen molar-refractivity contribution in [2.75, 3.05) is 5.73 Å². The van der Waals surface area contributed by atoms with E-state index in [4.69, 9.17) is 11.5 Å². The highest BCUT2D eigenvalue weighted by Crippen LogP contribution is 2.18. The van der Waals surface area contributed by atoms with Gasteiger partial charge in [0, 0.05) is 12.2 Å². The lowest BCUT2D eigenvalue weighted by Crippen LogP contribution is -1.95. The maximum absolute atomic E-state index is 5.67. The zero-order chi connectivity index (χ0) is 9.26. The van der Waals surface area contributed by atoms with Crippen molar-refractivity contribution in [3.63, 3.8) is 0 Å². The Balaban J connectivity index is 2.66. The number of fused-ring (bicyclic) bond motifs is 1. The van der Waals surface area contributed by atoms with Crippen LogP contribution in [0.25, 0.3) is 10.8 Å². The average molecular weight is 172 g/mol. The Labute approximate surface area is 77.2 Å². The standard InChI is InChI=1S/C11H12N2/c12-7-8-1-2-10-6-11(13)4-3-9(10)5-8/h1-6H,7,12-13H2. The monoisotopic (exact) mass is 172 g/mol. The zero-order valence-corrected chi connectivity index (χ0v) is 7.33. The summed E-state index contributed by atoms with van der Waals surface area (Å²) in [6.07, 6.45) is 0. The number of benzene rings is 2. The smallest absolute Gasteiger partial charge is 0.0320 e. The molecule has 0 fully saturated rings. The first kappa shape index (κ1) is 8.08. The summed E-state index contributed by atoms with van der Waals surface area (Å²) in [5.74, 6) is 0. The third kappa shape index (κ3) is 1.48. The maximum Gasteiger partial charge on any atom is 0.0320 e. The van der Waals surface area contributed by atoms with Gasteiger partial charge in [0.05, 0.1) is 0 Å². The van der Waals surface area contributed by atoms with Gasteiger partial charge in [-0.3, -0.25) is 0 Å². The van der Waals surface area contributed by atoms with Crippen molar-refractivity contribution in [2.45, 2.75) is 6.54 Å². The highest BCUT2D eigenvalue weighted by atomic mass is 14.5. The third-order valence-electron chi connectivity index (χ3n) is 2.16. The van der Waals surface area contributed by atoms with Gasteiger partial charge in [0.25, 0.3) is 0 Å². The van der Waals surface area contributed by atoms with Crippen molar-refractivity contribution >= 4 is 16.5 Å². The molecule has 0 saturated carbocycles. The van der Waals surface area contributed by atoms with Crippen molar-refractivity contribution in [2.24, 2.45) is 5.73 Å². The largest absolute Gasteiger partial charge is 0.399 e. The fourth-order valence-electron chi connectivity index (χ4n) is 1.44. The molecule has 0 aliphatic heterocycles. The number of hydrogen-bond acceptors (Lipinski definition) is 2. The minimum atomic E-state index is 0.584. The molecule has 0 unspecified atom stereocenters. The van der Waals surface area contributed by atoms with Crippen molar-refractivity contribution in [1.82, 2.24) is 0 Å². The molecule has 2 heteroatoms. The topological polar surface area (TPSA) is 52.0 Å². The normalized spacial score (nSPS) is 10.5. The van der Waals surface area contributed by atoms with Gasteiger partial charge in [-0.1, -0.05) is 18.2 Å². The third-order valence-corrected chi connectivity index (χ3v) is 2.16. The molecule has 0 heterocycles. The van der Waals surface area contributed by atoms with Crippen LogP contribution >= 0.6 is 0 Å². The van der Waals surface area contributed by atoms with Crippen LogP contribution in [0.4, 0.5) is 5.69 Å². The molecule has 0 saturated heterocycles. The lowest BCUT2D eigenvalue weighted by atomic mass is 10.1. The van der Waals surface area contributed by atoms with E-state index >= 15 is 0 Å². The average Bonchev–Trinajstić information content (AvgIpc) is 2.17. The molecule has 4 N–H and O–H groups in total. The van der Waals surface area contributed by atoms with Crippen LogP contribution in [0.1, 0.15) is 5.56 Å². The van der Waals surface area contributed by atoms with Gasteiger partial charge in [-0.05, 0) is 34.5 Å². The highest BCUT2D eigenvalue weighted by Gasteiger charge is 1.95. The van der Waals surface area contributed by atoms with E-state index in [0.717, 1.165) is 16.6 Å². The minimum Gasteiger partial charge on any atom is -0.399 e. The lowest BCUT2D eigenvalue weighted by Gasteiger charge is -2.01. The van der Waals surface area contributed by atoms with Gasteiger partial charge in [-0.15, -0.1) is 0 Å². The zero-order valence-electron chi connectivity index (χ0n) is 7.33. The Hall–Kier alpha value is -1.54. The predicted molar refractivity (Wildman–Crippen MR) is 56.3 cm³/mol. The molecule has 0 atom stereocenters. The van der Waals surface area contributed by atoms with Crippen LogP contribution in [0, 0.1) is 0 Å².